The van der Waals surface area contributed by atoms with E-state index in [1.54, 1.807) is 12.1 Å². The average Bonchev–Trinajstić information content (AvgIpc) is 2.45. The number of ketones is 1. The van der Waals surface area contributed by atoms with Gasteiger partial charge in [0.05, 0.1) is 4.92 Å². The van der Waals surface area contributed by atoms with Gasteiger partial charge in [-0.2, -0.15) is 0 Å². The van der Waals surface area contributed by atoms with E-state index in [9.17, 15) is 14.9 Å². The van der Waals surface area contributed by atoms with E-state index in [-0.39, 0.29) is 10.6 Å². The number of fused-ring (bicyclic) bond motifs is 2. The molecule has 21 heavy (non-hydrogen) atoms. The minimum atomic E-state index is -0.371. The first-order valence-corrected chi connectivity index (χ1v) is 7.64. The largest absolute Gasteiger partial charge is 0.300 e. The molecule has 0 N–H and O–H groups in total. The standard InChI is InChI=1S/C16H20N2O3/c19-16-10-14-2-1-3-15(11-16)17(14)9-8-12-4-6-13(7-5-12)18(20)21/h4-7,14-15H,1-3,8-11H2. The Morgan fingerprint density at radius 1 is 1.14 bits per heavy atom. The van der Waals surface area contributed by atoms with Gasteiger partial charge in [0, 0.05) is 43.6 Å². The van der Waals surface area contributed by atoms with Gasteiger partial charge in [0.2, 0.25) is 0 Å². The molecule has 0 radical (unpaired) electrons. The fourth-order valence-electron chi connectivity index (χ4n) is 3.67. The van der Waals surface area contributed by atoms with Crippen LogP contribution in [-0.2, 0) is 11.2 Å². The maximum absolute atomic E-state index is 11.7. The minimum absolute atomic E-state index is 0.138. The van der Waals surface area contributed by atoms with Crippen LogP contribution in [0.3, 0.4) is 0 Å². The molecule has 2 fully saturated rings. The zero-order valence-corrected chi connectivity index (χ0v) is 12.0. The van der Waals surface area contributed by atoms with Crippen LogP contribution in [0.2, 0.25) is 0 Å². The number of carbonyl (C=O) groups excluding carboxylic acids is 1. The molecular weight excluding hydrogens is 268 g/mol. The summed E-state index contributed by atoms with van der Waals surface area (Å²) in [5.74, 6) is 0.413. The molecule has 2 aliphatic heterocycles. The fourth-order valence-corrected chi connectivity index (χ4v) is 3.67. The van der Waals surface area contributed by atoms with Crippen molar-refractivity contribution in [1.82, 2.24) is 4.90 Å². The summed E-state index contributed by atoms with van der Waals surface area (Å²) in [5, 5.41) is 10.6. The summed E-state index contributed by atoms with van der Waals surface area (Å²) in [6.45, 7) is 0.945. The maximum Gasteiger partial charge on any atom is 0.269 e. The van der Waals surface area contributed by atoms with Crippen LogP contribution in [0.4, 0.5) is 5.69 Å². The van der Waals surface area contributed by atoms with Gasteiger partial charge in [-0.1, -0.05) is 18.6 Å². The third-order valence-corrected chi connectivity index (χ3v) is 4.75. The van der Waals surface area contributed by atoms with Gasteiger partial charge < -0.3 is 0 Å². The van der Waals surface area contributed by atoms with E-state index in [4.69, 9.17) is 0 Å². The quantitative estimate of drug-likeness (QED) is 0.631. The minimum Gasteiger partial charge on any atom is -0.300 e. The Morgan fingerprint density at radius 3 is 2.33 bits per heavy atom. The molecule has 2 saturated heterocycles. The van der Waals surface area contributed by atoms with E-state index in [2.05, 4.69) is 4.90 Å². The van der Waals surface area contributed by atoms with Crippen molar-refractivity contribution in [2.24, 2.45) is 0 Å². The van der Waals surface area contributed by atoms with Gasteiger partial charge in [-0.15, -0.1) is 0 Å². The van der Waals surface area contributed by atoms with Gasteiger partial charge >= 0.3 is 0 Å². The molecule has 0 aromatic heterocycles. The molecule has 3 rings (SSSR count). The summed E-state index contributed by atoms with van der Waals surface area (Å²) in [6, 6.07) is 7.64. The monoisotopic (exact) mass is 288 g/mol. The zero-order chi connectivity index (χ0) is 14.8. The zero-order valence-electron chi connectivity index (χ0n) is 12.0. The summed E-state index contributed by atoms with van der Waals surface area (Å²) in [6.07, 6.45) is 5.79. The maximum atomic E-state index is 11.7. The van der Waals surface area contributed by atoms with Gasteiger partial charge in [-0.25, -0.2) is 0 Å². The van der Waals surface area contributed by atoms with E-state index < -0.39 is 0 Å². The lowest BCUT2D eigenvalue weighted by atomic mass is 9.83. The molecule has 2 unspecified atom stereocenters. The van der Waals surface area contributed by atoms with Crippen molar-refractivity contribution in [3.8, 4) is 0 Å². The van der Waals surface area contributed by atoms with Crippen molar-refractivity contribution < 1.29 is 9.72 Å². The van der Waals surface area contributed by atoms with Crippen LogP contribution >= 0.6 is 0 Å². The lowest BCUT2D eigenvalue weighted by molar-refractivity contribution is -0.384. The smallest absolute Gasteiger partial charge is 0.269 e. The van der Waals surface area contributed by atoms with Crippen molar-refractivity contribution in [1.29, 1.82) is 0 Å². The first kappa shape index (κ1) is 14.2. The number of carbonyl (C=O) groups is 1. The van der Waals surface area contributed by atoms with Crippen LogP contribution in [0, 0.1) is 10.1 Å². The molecule has 0 amide bonds. The summed E-state index contributed by atoms with van der Waals surface area (Å²) in [7, 11) is 0. The first-order valence-electron chi connectivity index (χ1n) is 7.64. The predicted molar refractivity (Wildman–Crippen MR) is 79.2 cm³/mol. The molecular formula is C16H20N2O3. The molecule has 0 spiro atoms. The molecule has 2 bridgehead atoms. The molecule has 0 aliphatic carbocycles. The highest BCUT2D eigenvalue weighted by atomic mass is 16.6. The van der Waals surface area contributed by atoms with Gasteiger partial charge in [0.1, 0.15) is 5.78 Å². The SMILES string of the molecule is O=C1CC2CCCC(C1)N2CCc1ccc([N+](=O)[O-])cc1. The molecule has 112 valence electrons. The Hall–Kier alpha value is -1.75. The van der Waals surface area contributed by atoms with Crippen LogP contribution in [0.15, 0.2) is 24.3 Å². The Kier molecular flexibility index (Phi) is 4.01. The molecule has 5 nitrogen and oxygen atoms in total. The van der Waals surface area contributed by atoms with Crippen molar-refractivity contribution in [3.05, 3.63) is 39.9 Å². The lowest BCUT2D eigenvalue weighted by Crippen LogP contribution is -2.52. The number of benzene rings is 1. The van der Waals surface area contributed by atoms with Crippen molar-refractivity contribution >= 4 is 11.5 Å². The summed E-state index contributed by atoms with van der Waals surface area (Å²) < 4.78 is 0. The third-order valence-electron chi connectivity index (χ3n) is 4.75. The van der Waals surface area contributed by atoms with Gasteiger partial charge in [0.15, 0.2) is 0 Å². The Labute approximate surface area is 124 Å². The third kappa shape index (κ3) is 3.13. The van der Waals surface area contributed by atoms with Gasteiger partial charge in [-0.05, 0) is 24.8 Å². The van der Waals surface area contributed by atoms with Crippen molar-refractivity contribution in [2.45, 2.75) is 50.6 Å². The topological polar surface area (TPSA) is 63.5 Å². The van der Waals surface area contributed by atoms with Gasteiger partial charge in [-0.3, -0.25) is 19.8 Å². The van der Waals surface area contributed by atoms with Crippen LogP contribution in [0.25, 0.3) is 0 Å². The van der Waals surface area contributed by atoms with E-state index >= 15 is 0 Å². The van der Waals surface area contributed by atoms with Crippen LogP contribution < -0.4 is 0 Å². The number of Topliss-reactive ketones (excluding diaryl/α,β-unsaturated/α-hetero) is 1. The Balaban J connectivity index is 1.62. The molecule has 5 heteroatoms. The average molecular weight is 288 g/mol. The number of nitro groups is 1. The molecule has 1 aromatic carbocycles. The number of piperidine rings is 2. The second-order valence-electron chi connectivity index (χ2n) is 6.10. The van der Waals surface area contributed by atoms with Crippen molar-refractivity contribution in [3.63, 3.8) is 0 Å². The Morgan fingerprint density at radius 2 is 1.76 bits per heavy atom. The van der Waals surface area contributed by atoms with E-state index in [1.165, 1.54) is 6.42 Å². The highest BCUT2D eigenvalue weighted by Crippen LogP contribution is 2.32. The number of rotatable bonds is 4. The van der Waals surface area contributed by atoms with E-state index in [1.807, 2.05) is 12.1 Å². The highest BCUT2D eigenvalue weighted by molar-refractivity contribution is 5.80. The number of nitrogens with zero attached hydrogens (tertiary/aromatic N) is 2. The van der Waals surface area contributed by atoms with Gasteiger partial charge in [0.25, 0.3) is 5.69 Å². The highest BCUT2D eigenvalue weighted by Gasteiger charge is 2.36. The van der Waals surface area contributed by atoms with Crippen molar-refractivity contribution in [2.75, 3.05) is 6.54 Å². The van der Waals surface area contributed by atoms with Crippen LogP contribution in [0.5, 0.6) is 0 Å². The summed E-state index contributed by atoms with van der Waals surface area (Å²) >= 11 is 0. The molecule has 2 atom stereocenters. The van der Waals surface area contributed by atoms with E-state index in [0.29, 0.717) is 30.7 Å². The summed E-state index contributed by atoms with van der Waals surface area (Å²) in [5.41, 5.74) is 1.26. The molecule has 0 saturated carbocycles. The normalized spacial score (nSPS) is 25.8. The van der Waals surface area contributed by atoms with E-state index in [0.717, 1.165) is 31.4 Å². The second-order valence-corrected chi connectivity index (χ2v) is 6.10. The first-order chi connectivity index (χ1) is 10.1. The van der Waals surface area contributed by atoms with Crippen LogP contribution in [-0.4, -0.2) is 34.2 Å². The summed E-state index contributed by atoms with van der Waals surface area (Å²) in [4.78, 5) is 24.5. The molecule has 2 aliphatic rings. The number of hydrogen-bond acceptors (Lipinski definition) is 4. The predicted octanol–water partition coefficient (Wildman–Crippen LogP) is 2.72. The molecule has 2 heterocycles. The lowest BCUT2D eigenvalue weighted by Gasteiger charge is -2.45. The van der Waals surface area contributed by atoms with Crippen LogP contribution in [0.1, 0.15) is 37.7 Å². The number of hydrogen-bond donors (Lipinski definition) is 0. The number of nitro benzene ring substituents is 1. The Bertz CT molecular complexity index is 525. The molecule has 1 aromatic rings. The second kappa shape index (κ2) is 5.93. The fraction of sp³-hybridized carbons (Fsp3) is 0.562. The number of non-ortho nitro benzene ring substituents is 1.